The van der Waals surface area contributed by atoms with Crippen molar-refractivity contribution in [3.8, 4) is 22.5 Å². The zero-order valence-corrected chi connectivity index (χ0v) is 18.1. The summed E-state index contributed by atoms with van der Waals surface area (Å²) >= 11 is 2.23. The molecule has 3 heterocycles. The number of nitrogens with zero attached hydrogens (tertiary/aromatic N) is 5. The first-order chi connectivity index (χ1) is 13.4. The highest BCUT2D eigenvalue weighted by Crippen LogP contribution is 2.30. The molecule has 0 radical (unpaired) electrons. The van der Waals surface area contributed by atoms with Crippen molar-refractivity contribution < 1.29 is 8.42 Å². The highest BCUT2D eigenvalue weighted by Gasteiger charge is 2.20. The molecule has 0 amide bonds. The van der Waals surface area contributed by atoms with E-state index < -0.39 is 10.0 Å². The molecule has 0 saturated heterocycles. The minimum atomic E-state index is -3.53. The Labute approximate surface area is 176 Å². The number of fused-ring (bicyclic) bond motifs is 1. The van der Waals surface area contributed by atoms with Crippen molar-refractivity contribution in [1.29, 1.82) is 0 Å². The van der Waals surface area contributed by atoms with Crippen LogP contribution in [0, 0.1) is 3.57 Å². The summed E-state index contributed by atoms with van der Waals surface area (Å²) in [6.07, 6.45) is 5.15. The zero-order chi connectivity index (χ0) is 19.9. The van der Waals surface area contributed by atoms with Crippen LogP contribution in [0.1, 0.15) is 0 Å². The number of sulfonamides is 1. The molecule has 4 aromatic rings. The Hall–Kier alpha value is -2.37. The molecule has 142 valence electrons. The highest BCUT2D eigenvalue weighted by molar-refractivity contribution is 14.1. The molecule has 0 N–H and O–H groups in total. The normalized spacial score (nSPS) is 12.0. The summed E-state index contributed by atoms with van der Waals surface area (Å²) in [5, 5.41) is 4.74. The molecule has 0 unspecified atom stereocenters. The van der Waals surface area contributed by atoms with E-state index in [1.807, 2.05) is 24.3 Å². The van der Waals surface area contributed by atoms with Crippen LogP contribution in [-0.4, -0.2) is 46.4 Å². The molecule has 7 nitrogen and oxygen atoms in total. The van der Waals surface area contributed by atoms with E-state index in [9.17, 15) is 8.42 Å². The molecule has 0 atom stereocenters. The maximum atomic E-state index is 12.5. The van der Waals surface area contributed by atoms with Gasteiger partial charge in [0.25, 0.3) is 0 Å². The molecule has 3 aromatic heterocycles. The monoisotopic (exact) mass is 505 g/mol. The number of hydrogen-bond donors (Lipinski definition) is 0. The first-order valence-corrected chi connectivity index (χ1v) is 10.9. The van der Waals surface area contributed by atoms with Gasteiger partial charge in [-0.1, -0.05) is 12.1 Å². The van der Waals surface area contributed by atoms with E-state index in [-0.39, 0.29) is 4.90 Å². The Morgan fingerprint density at radius 2 is 1.75 bits per heavy atom. The molecule has 0 spiro atoms. The molecule has 9 heteroatoms. The molecule has 0 fully saturated rings. The van der Waals surface area contributed by atoms with E-state index in [1.165, 1.54) is 18.4 Å². The largest absolute Gasteiger partial charge is 0.265 e. The SMILES string of the molecule is CN(C)S(=O)(=O)c1cccc(-c2ccnc3c(I)c(-c4ccncc4)nn23)c1. The van der Waals surface area contributed by atoms with Gasteiger partial charge in [0, 0.05) is 43.8 Å². The van der Waals surface area contributed by atoms with Crippen molar-refractivity contribution in [2.75, 3.05) is 14.1 Å². The number of halogens is 1. The standard InChI is InChI=1S/C19H16IN5O2S/c1-24(2)28(26,27)15-5-3-4-14(12-15)16-8-11-22-19-17(20)18(23-25(16)19)13-6-9-21-10-7-13/h3-12H,1-2H3. The van der Waals surface area contributed by atoms with Gasteiger partial charge in [0.15, 0.2) is 5.65 Å². The van der Waals surface area contributed by atoms with Crippen LogP contribution in [0.15, 0.2) is 66.0 Å². The third kappa shape index (κ3) is 3.19. The summed E-state index contributed by atoms with van der Waals surface area (Å²) in [5.74, 6) is 0. The smallest absolute Gasteiger partial charge is 0.242 e. The van der Waals surface area contributed by atoms with Gasteiger partial charge in [-0.3, -0.25) is 4.98 Å². The quantitative estimate of drug-likeness (QED) is 0.398. The number of rotatable bonds is 4. The van der Waals surface area contributed by atoms with Gasteiger partial charge in [-0.2, -0.15) is 5.10 Å². The lowest BCUT2D eigenvalue weighted by Gasteiger charge is -2.12. The molecule has 0 bridgehead atoms. The fraction of sp³-hybridized carbons (Fsp3) is 0.105. The van der Waals surface area contributed by atoms with Crippen LogP contribution in [0.2, 0.25) is 0 Å². The van der Waals surface area contributed by atoms with Gasteiger partial charge < -0.3 is 0 Å². The molecular weight excluding hydrogens is 489 g/mol. The molecule has 1 aromatic carbocycles. The van der Waals surface area contributed by atoms with Gasteiger partial charge in [0.05, 0.1) is 14.2 Å². The second kappa shape index (κ2) is 7.22. The van der Waals surface area contributed by atoms with Crippen LogP contribution in [0.4, 0.5) is 0 Å². The lowest BCUT2D eigenvalue weighted by atomic mass is 10.1. The Balaban J connectivity index is 1.92. The van der Waals surface area contributed by atoms with Gasteiger partial charge in [0.1, 0.15) is 5.69 Å². The zero-order valence-electron chi connectivity index (χ0n) is 15.1. The number of benzene rings is 1. The summed E-state index contributed by atoms with van der Waals surface area (Å²) in [7, 11) is -0.492. The number of hydrogen-bond acceptors (Lipinski definition) is 5. The topological polar surface area (TPSA) is 80.5 Å². The lowest BCUT2D eigenvalue weighted by molar-refractivity contribution is 0.521. The van der Waals surface area contributed by atoms with Gasteiger partial charge in [0.2, 0.25) is 10.0 Å². The van der Waals surface area contributed by atoms with Crippen molar-refractivity contribution in [3.63, 3.8) is 0 Å². The van der Waals surface area contributed by atoms with Crippen LogP contribution in [-0.2, 0) is 10.0 Å². The third-order valence-corrected chi connectivity index (χ3v) is 7.13. The average molecular weight is 505 g/mol. The summed E-state index contributed by atoms with van der Waals surface area (Å²) in [5.41, 5.74) is 3.97. The van der Waals surface area contributed by atoms with E-state index in [2.05, 4.69) is 32.6 Å². The Bertz CT molecular complexity index is 1270. The highest BCUT2D eigenvalue weighted by atomic mass is 127. The maximum Gasteiger partial charge on any atom is 0.242 e. The summed E-state index contributed by atoms with van der Waals surface area (Å²) in [4.78, 5) is 8.75. The number of aromatic nitrogens is 4. The second-order valence-corrected chi connectivity index (χ2v) is 9.51. The first kappa shape index (κ1) is 19.0. The number of pyridine rings is 1. The molecule has 28 heavy (non-hydrogen) atoms. The van der Waals surface area contributed by atoms with Crippen LogP contribution >= 0.6 is 22.6 Å². The minimum Gasteiger partial charge on any atom is -0.265 e. The fourth-order valence-corrected chi connectivity index (χ4v) is 4.59. The van der Waals surface area contributed by atoms with Crippen molar-refractivity contribution in [2.45, 2.75) is 4.90 Å². The fourth-order valence-electron chi connectivity index (χ4n) is 2.86. The Morgan fingerprint density at radius 1 is 1.00 bits per heavy atom. The van der Waals surface area contributed by atoms with Crippen molar-refractivity contribution in [1.82, 2.24) is 23.9 Å². The maximum absolute atomic E-state index is 12.5. The predicted octanol–water partition coefficient (Wildman–Crippen LogP) is 3.31. The average Bonchev–Trinajstić information content (AvgIpc) is 3.05. The van der Waals surface area contributed by atoms with Crippen LogP contribution in [0.5, 0.6) is 0 Å². The molecule has 0 aliphatic heterocycles. The summed E-state index contributed by atoms with van der Waals surface area (Å²) in [6, 6.07) is 12.5. The molecular formula is C19H16IN5O2S. The third-order valence-electron chi connectivity index (χ3n) is 4.32. The first-order valence-electron chi connectivity index (χ1n) is 8.36. The van der Waals surface area contributed by atoms with E-state index >= 15 is 0 Å². The molecule has 0 saturated carbocycles. The van der Waals surface area contributed by atoms with Gasteiger partial charge in [-0.15, -0.1) is 0 Å². The van der Waals surface area contributed by atoms with Gasteiger partial charge in [-0.25, -0.2) is 22.2 Å². The van der Waals surface area contributed by atoms with Gasteiger partial charge in [-0.05, 0) is 52.9 Å². The minimum absolute atomic E-state index is 0.233. The summed E-state index contributed by atoms with van der Waals surface area (Å²) in [6.45, 7) is 0. The van der Waals surface area contributed by atoms with E-state index in [1.54, 1.807) is 41.3 Å². The van der Waals surface area contributed by atoms with Crippen LogP contribution < -0.4 is 0 Å². The Morgan fingerprint density at radius 3 is 2.46 bits per heavy atom. The summed E-state index contributed by atoms with van der Waals surface area (Å²) < 4.78 is 28.9. The van der Waals surface area contributed by atoms with Crippen molar-refractivity contribution >= 4 is 38.3 Å². The second-order valence-electron chi connectivity index (χ2n) is 6.28. The van der Waals surface area contributed by atoms with Crippen LogP contribution in [0.3, 0.4) is 0 Å². The predicted molar refractivity (Wildman–Crippen MR) is 115 cm³/mol. The van der Waals surface area contributed by atoms with E-state index in [0.29, 0.717) is 5.65 Å². The van der Waals surface area contributed by atoms with E-state index in [0.717, 1.165) is 26.1 Å². The lowest BCUT2D eigenvalue weighted by Crippen LogP contribution is -2.22. The van der Waals surface area contributed by atoms with Gasteiger partial charge >= 0.3 is 0 Å². The molecule has 0 aliphatic rings. The Kier molecular flexibility index (Phi) is 4.89. The van der Waals surface area contributed by atoms with Crippen molar-refractivity contribution in [3.05, 3.63) is 64.6 Å². The van der Waals surface area contributed by atoms with Crippen LogP contribution in [0.25, 0.3) is 28.2 Å². The molecule has 0 aliphatic carbocycles. The van der Waals surface area contributed by atoms with Crippen molar-refractivity contribution in [2.24, 2.45) is 0 Å². The van der Waals surface area contributed by atoms with E-state index in [4.69, 9.17) is 5.10 Å². The molecule has 4 rings (SSSR count).